The average Bonchev–Trinajstić information content (AvgIpc) is 3.25. The summed E-state index contributed by atoms with van der Waals surface area (Å²) in [6.07, 6.45) is 0.118. The van der Waals surface area contributed by atoms with E-state index in [1.807, 2.05) is 0 Å². The Labute approximate surface area is 193 Å². The van der Waals surface area contributed by atoms with Crippen molar-refractivity contribution < 1.29 is 22.7 Å². The van der Waals surface area contributed by atoms with E-state index in [-0.39, 0.29) is 25.1 Å². The molecule has 0 aromatic heterocycles. The maximum absolute atomic E-state index is 13.8. The molecule has 180 valence electrons. The van der Waals surface area contributed by atoms with Crippen LogP contribution in [0.3, 0.4) is 0 Å². The van der Waals surface area contributed by atoms with Gasteiger partial charge in [-0.3, -0.25) is 4.79 Å². The van der Waals surface area contributed by atoms with Gasteiger partial charge in [-0.25, -0.2) is 6.57 Å². The minimum atomic E-state index is -4.43. The Kier molecular flexibility index (Phi) is 6.63. The zero-order chi connectivity index (χ0) is 23.8. The monoisotopic (exact) mass is 463 g/mol. The Balaban J connectivity index is 1.47. The Bertz CT molecular complexity index is 918. The predicted octanol–water partition coefficient (Wildman–Crippen LogP) is 5.21. The number of halogens is 3. The highest BCUT2D eigenvalue weighted by molar-refractivity contribution is 5.83. The van der Waals surface area contributed by atoms with Crippen LogP contribution in [0.5, 0.6) is 5.75 Å². The molecule has 2 heterocycles. The van der Waals surface area contributed by atoms with Gasteiger partial charge in [-0.15, -0.1) is 0 Å². The third-order valence-electron chi connectivity index (χ3n) is 7.98. The number of ether oxygens (including phenoxy) is 1. The molecule has 0 spiro atoms. The summed E-state index contributed by atoms with van der Waals surface area (Å²) in [7, 11) is 0. The number of alkyl halides is 3. The summed E-state index contributed by atoms with van der Waals surface area (Å²) < 4.78 is 45.2. The molecular formula is C25H32F3N3O2. The van der Waals surface area contributed by atoms with Gasteiger partial charge in [0.1, 0.15) is 5.75 Å². The topological polar surface area (TPSA) is 37.1 Å². The van der Waals surface area contributed by atoms with E-state index in [1.54, 1.807) is 4.90 Å². The number of piperidine rings is 1. The average molecular weight is 464 g/mol. The second kappa shape index (κ2) is 9.17. The van der Waals surface area contributed by atoms with E-state index in [0.717, 1.165) is 57.3 Å². The van der Waals surface area contributed by atoms with Crippen molar-refractivity contribution in [1.82, 2.24) is 9.80 Å². The maximum Gasteiger partial charge on any atom is 0.416 e. The molecule has 2 aliphatic heterocycles. The summed E-state index contributed by atoms with van der Waals surface area (Å²) in [5.74, 6) is 1.00. The molecule has 0 unspecified atom stereocenters. The molecule has 2 atom stereocenters. The molecule has 1 aromatic rings. The smallest absolute Gasteiger partial charge is 0.416 e. The van der Waals surface area contributed by atoms with Crippen LogP contribution in [0.4, 0.5) is 13.2 Å². The Morgan fingerprint density at radius 3 is 2.64 bits per heavy atom. The van der Waals surface area contributed by atoms with Crippen molar-refractivity contribution in [2.45, 2.75) is 64.7 Å². The largest absolute Gasteiger partial charge is 0.473 e. The van der Waals surface area contributed by atoms with E-state index >= 15 is 0 Å². The molecule has 0 N–H and O–H groups in total. The standard InChI is InChI=1S/C25H32F3N3O2/c1-17(2)24(9-6-21(13-24)30-10-7-18(8-11-30)14-29-3)23(32)31-15-19-12-20(25(26,27)28)4-5-22(19)33-16-31/h4-5,12,17-18,21H,6-11,13-16H2,1-2H3/t21-,24+/m1/s1. The van der Waals surface area contributed by atoms with Crippen molar-refractivity contribution in [3.05, 3.63) is 40.7 Å². The van der Waals surface area contributed by atoms with Crippen LogP contribution in [0, 0.1) is 23.8 Å². The van der Waals surface area contributed by atoms with Crippen LogP contribution in [-0.2, 0) is 17.5 Å². The molecule has 1 aliphatic carbocycles. The third-order valence-corrected chi connectivity index (χ3v) is 7.98. The number of carbonyl (C=O) groups is 1. The Morgan fingerprint density at radius 2 is 2.00 bits per heavy atom. The fourth-order valence-corrected chi connectivity index (χ4v) is 5.82. The van der Waals surface area contributed by atoms with Gasteiger partial charge in [0.2, 0.25) is 12.5 Å². The predicted molar refractivity (Wildman–Crippen MR) is 118 cm³/mol. The minimum absolute atomic E-state index is 0.00838. The Morgan fingerprint density at radius 1 is 1.27 bits per heavy atom. The van der Waals surface area contributed by atoms with Gasteiger partial charge in [0.05, 0.1) is 17.5 Å². The van der Waals surface area contributed by atoms with Gasteiger partial charge in [-0.1, -0.05) is 13.8 Å². The van der Waals surface area contributed by atoms with E-state index in [9.17, 15) is 18.0 Å². The first-order valence-electron chi connectivity index (χ1n) is 11.8. The number of nitrogens with zero attached hydrogens (tertiary/aromatic N) is 3. The first-order chi connectivity index (χ1) is 15.6. The molecule has 2 fully saturated rings. The van der Waals surface area contributed by atoms with Crippen molar-refractivity contribution >= 4 is 5.91 Å². The van der Waals surface area contributed by atoms with Crippen LogP contribution in [0.2, 0.25) is 0 Å². The summed E-state index contributed by atoms with van der Waals surface area (Å²) in [4.78, 5) is 21.4. The summed E-state index contributed by atoms with van der Waals surface area (Å²) in [6.45, 7) is 14.0. The van der Waals surface area contributed by atoms with Crippen LogP contribution in [0.25, 0.3) is 4.85 Å². The van der Waals surface area contributed by atoms with Gasteiger partial charge in [0.25, 0.3) is 0 Å². The molecule has 1 saturated carbocycles. The van der Waals surface area contributed by atoms with Crippen LogP contribution >= 0.6 is 0 Å². The lowest BCUT2D eigenvalue weighted by molar-refractivity contribution is -0.150. The van der Waals surface area contributed by atoms with Gasteiger partial charge in [-0.05, 0) is 69.3 Å². The van der Waals surface area contributed by atoms with Crippen molar-refractivity contribution in [2.24, 2.45) is 17.3 Å². The highest BCUT2D eigenvalue weighted by Crippen LogP contribution is 2.48. The second-order valence-electron chi connectivity index (χ2n) is 10.1. The molecule has 33 heavy (non-hydrogen) atoms. The zero-order valence-electron chi connectivity index (χ0n) is 19.3. The van der Waals surface area contributed by atoms with Gasteiger partial charge in [-0.2, -0.15) is 13.2 Å². The number of rotatable bonds is 4. The molecule has 3 aliphatic rings. The van der Waals surface area contributed by atoms with Gasteiger partial charge < -0.3 is 19.4 Å². The number of likely N-dealkylation sites (tertiary alicyclic amines) is 1. The van der Waals surface area contributed by atoms with Crippen molar-refractivity contribution in [1.29, 1.82) is 0 Å². The number of amides is 1. The van der Waals surface area contributed by atoms with Crippen molar-refractivity contribution in [3.8, 4) is 5.75 Å². The van der Waals surface area contributed by atoms with Crippen LogP contribution < -0.4 is 4.74 Å². The molecule has 1 saturated heterocycles. The minimum Gasteiger partial charge on any atom is -0.473 e. The van der Waals surface area contributed by atoms with Gasteiger partial charge in [0, 0.05) is 17.5 Å². The van der Waals surface area contributed by atoms with Crippen LogP contribution in [0.15, 0.2) is 18.2 Å². The lowest BCUT2D eigenvalue weighted by Gasteiger charge is -2.40. The lowest BCUT2D eigenvalue weighted by atomic mass is 9.74. The number of hydrogen-bond donors (Lipinski definition) is 0. The zero-order valence-corrected chi connectivity index (χ0v) is 19.3. The van der Waals surface area contributed by atoms with E-state index < -0.39 is 17.2 Å². The highest BCUT2D eigenvalue weighted by atomic mass is 19.4. The fraction of sp³-hybridized carbons (Fsp3) is 0.680. The molecule has 1 aromatic carbocycles. The SMILES string of the molecule is [C-]#[N+]CC1CCN([C@@H]2CC[C@@](C(=O)N3COc4ccc(C(F)(F)F)cc4C3)(C(C)C)C2)CC1. The van der Waals surface area contributed by atoms with E-state index in [4.69, 9.17) is 11.3 Å². The van der Waals surface area contributed by atoms with Crippen molar-refractivity contribution in [3.63, 3.8) is 0 Å². The number of benzene rings is 1. The van der Waals surface area contributed by atoms with Gasteiger partial charge in [0.15, 0.2) is 6.73 Å². The summed E-state index contributed by atoms with van der Waals surface area (Å²) in [6, 6.07) is 3.80. The lowest BCUT2D eigenvalue weighted by Crippen LogP contribution is -2.49. The van der Waals surface area contributed by atoms with E-state index in [0.29, 0.717) is 29.8 Å². The number of hydrogen-bond acceptors (Lipinski definition) is 3. The number of fused-ring (bicyclic) bond motifs is 1. The molecular weight excluding hydrogens is 431 g/mol. The highest BCUT2D eigenvalue weighted by Gasteiger charge is 2.51. The van der Waals surface area contributed by atoms with E-state index in [2.05, 4.69) is 23.6 Å². The number of carbonyl (C=O) groups excluding carboxylic acids is 1. The first-order valence-corrected chi connectivity index (χ1v) is 11.8. The summed E-state index contributed by atoms with van der Waals surface area (Å²) in [5, 5.41) is 0. The Hall–Kier alpha value is -2.27. The molecule has 0 radical (unpaired) electrons. The van der Waals surface area contributed by atoms with Crippen LogP contribution in [-0.4, -0.2) is 48.1 Å². The van der Waals surface area contributed by atoms with Crippen LogP contribution in [0.1, 0.15) is 57.1 Å². The molecule has 0 bridgehead atoms. The molecule has 5 nitrogen and oxygen atoms in total. The molecule has 1 amide bonds. The van der Waals surface area contributed by atoms with E-state index in [1.165, 1.54) is 6.07 Å². The second-order valence-corrected chi connectivity index (χ2v) is 10.1. The quantitative estimate of drug-likeness (QED) is 0.576. The molecule has 4 rings (SSSR count). The molecule has 8 heteroatoms. The fourth-order valence-electron chi connectivity index (χ4n) is 5.82. The summed E-state index contributed by atoms with van der Waals surface area (Å²) in [5.41, 5.74) is -0.847. The normalized spacial score (nSPS) is 26.7. The van der Waals surface area contributed by atoms with Crippen molar-refractivity contribution in [2.75, 3.05) is 26.4 Å². The summed E-state index contributed by atoms with van der Waals surface area (Å²) >= 11 is 0. The maximum atomic E-state index is 13.8. The third kappa shape index (κ3) is 4.70. The van der Waals surface area contributed by atoms with Gasteiger partial charge >= 0.3 is 6.18 Å². The first kappa shape index (κ1) is 23.9.